The van der Waals surface area contributed by atoms with Crippen LogP contribution in [0.2, 0.25) is 0 Å². The quantitative estimate of drug-likeness (QED) is 0.687. The number of carbonyl (C=O) groups is 1. The summed E-state index contributed by atoms with van der Waals surface area (Å²) in [6.07, 6.45) is 2.06. The normalized spacial score (nSPS) is 12.1. The standard InChI is InChI=1S/C17H20N4O2S2/c1-11-9-13(19-20(11)2)16(22)18-17-21(7-8-24-4)14-10-12(23-3)5-6-15(14)25-17/h5-6,9-10H,7-8H2,1-4H3. The van der Waals surface area contributed by atoms with Crippen LogP contribution in [0.4, 0.5) is 0 Å². The molecule has 1 amide bonds. The van der Waals surface area contributed by atoms with Crippen molar-refractivity contribution in [3.8, 4) is 5.75 Å². The Kier molecular flexibility index (Phi) is 5.29. The summed E-state index contributed by atoms with van der Waals surface area (Å²) in [4.78, 5) is 17.6. The second kappa shape index (κ2) is 7.45. The molecule has 0 saturated heterocycles. The highest BCUT2D eigenvalue weighted by molar-refractivity contribution is 7.98. The van der Waals surface area contributed by atoms with Gasteiger partial charge in [0.05, 0.1) is 17.3 Å². The number of thiazole rings is 1. The lowest BCUT2D eigenvalue weighted by atomic mass is 10.3. The highest BCUT2D eigenvalue weighted by atomic mass is 32.2. The first kappa shape index (κ1) is 17.8. The average molecular weight is 377 g/mol. The number of thioether (sulfide) groups is 1. The van der Waals surface area contributed by atoms with Crippen molar-refractivity contribution in [3.63, 3.8) is 0 Å². The molecule has 0 aliphatic heterocycles. The third kappa shape index (κ3) is 3.64. The summed E-state index contributed by atoms with van der Waals surface area (Å²) in [5.41, 5.74) is 2.32. The number of carbonyl (C=O) groups excluding carboxylic acids is 1. The molecule has 6 nitrogen and oxygen atoms in total. The maximum atomic E-state index is 12.5. The lowest BCUT2D eigenvalue weighted by molar-refractivity contribution is 0.0992. The van der Waals surface area contributed by atoms with Gasteiger partial charge in [-0.3, -0.25) is 9.48 Å². The molecule has 0 N–H and O–H groups in total. The largest absolute Gasteiger partial charge is 0.497 e. The van der Waals surface area contributed by atoms with E-state index in [1.807, 2.05) is 32.2 Å². The Morgan fingerprint density at radius 2 is 2.20 bits per heavy atom. The minimum Gasteiger partial charge on any atom is -0.497 e. The van der Waals surface area contributed by atoms with E-state index in [-0.39, 0.29) is 5.91 Å². The van der Waals surface area contributed by atoms with E-state index in [0.717, 1.165) is 34.0 Å². The zero-order valence-electron chi connectivity index (χ0n) is 14.6. The summed E-state index contributed by atoms with van der Waals surface area (Å²) >= 11 is 3.26. The molecule has 0 unspecified atom stereocenters. The number of aryl methyl sites for hydroxylation is 3. The third-order valence-electron chi connectivity index (χ3n) is 3.94. The topological polar surface area (TPSA) is 61.4 Å². The molecule has 132 valence electrons. The van der Waals surface area contributed by atoms with Gasteiger partial charge < -0.3 is 9.30 Å². The molecule has 3 aromatic rings. The van der Waals surface area contributed by atoms with Gasteiger partial charge in [-0.1, -0.05) is 11.3 Å². The van der Waals surface area contributed by atoms with Crippen LogP contribution in [-0.4, -0.2) is 39.4 Å². The van der Waals surface area contributed by atoms with E-state index < -0.39 is 0 Å². The van der Waals surface area contributed by atoms with E-state index in [4.69, 9.17) is 4.74 Å². The van der Waals surface area contributed by atoms with E-state index in [2.05, 4.69) is 20.9 Å². The fourth-order valence-corrected chi connectivity index (χ4v) is 3.87. The van der Waals surface area contributed by atoms with Crippen LogP contribution in [0.5, 0.6) is 5.75 Å². The summed E-state index contributed by atoms with van der Waals surface area (Å²) in [6.45, 7) is 2.69. The number of hydrogen-bond acceptors (Lipinski definition) is 5. The van der Waals surface area contributed by atoms with Gasteiger partial charge in [-0.05, 0) is 31.4 Å². The maximum Gasteiger partial charge on any atom is 0.300 e. The van der Waals surface area contributed by atoms with Gasteiger partial charge in [-0.25, -0.2) is 0 Å². The number of methoxy groups -OCH3 is 1. The number of benzene rings is 1. The summed E-state index contributed by atoms with van der Waals surface area (Å²) < 4.78 is 10.2. The highest BCUT2D eigenvalue weighted by Crippen LogP contribution is 2.23. The number of ether oxygens (including phenoxy) is 1. The van der Waals surface area contributed by atoms with Gasteiger partial charge in [0, 0.05) is 31.1 Å². The van der Waals surface area contributed by atoms with E-state index in [9.17, 15) is 4.79 Å². The Labute approximate surface area is 154 Å². The Balaban J connectivity index is 2.11. The van der Waals surface area contributed by atoms with Gasteiger partial charge in [0.2, 0.25) is 0 Å². The molecule has 0 spiro atoms. The van der Waals surface area contributed by atoms with Gasteiger partial charge in [0.1, 0.15) is 5.75 Å². The predicted octanol–water partition coefficient (Wildman–Crippen LogP) is 2.86. The molecule has 1 aromatic carbocycles. The number of amides is 1. The molecule has 0 atom stereocenters. The molecule has 0 radical (unpaired) electrons. The monoisotopic (exact) mass is 376 g/mol. The lowest BCUT2D eigenvalue weighted by Gasteiger charge is -2.05. The molecular formula is C17H20N4O2S2. The van der Waals surface area contributed by atoms with E-state index in [1.165, 1.54) is 11.3 Å². The lowest BCUT2D eigenvalue weighted by Crippen LogP contribution is -2.18. The molecule has 0 saturated carbocycles. The van der Waals surface area contributed by atoms with Gasteiger partial charge in [0.15, 0.2) is 10.5 Å². The molecule has 0 aliphatic rings. The second-order valence-corrected chi connectivity index (χ2v) is 7.57. The maximum absolute atomic E-state index is 12.5. The smallest absolute Gasteiger partial charge is 0.300 e. The van der Waals surface area contributed by atoms with E-state index in [0.29, 0.717) is 10.5 Å². The van der Waals surface area contributed by atoms with Crippen molar-refractivity contribution in [2.45, 2.75) is 13.5 Å². The fourth-order valence-electron chi connectivity index (χ4n) is 2.47. The molecule has 0 bridgehead atoms. The van der Waals surface area contributed by atoms with Crippen LogP contribution >= 0.6 is 23.1 Å². The summed E-state index contributed by atoms with van der Waals surface area (Å²) in [5.74, 6) is 1.41. The van der Waals surface area contributed by atoms with Crippen LogP contribution in [0.3, 0.4) is 0 Å². The average Bonchev–Trinajstić information content (AvgIpc) is 3.12. The molecule has 3 rings (SSSR count). The van der Waals surface area contributed by atoms with Crippen molar-refractivity contribution in [1.82, 2.24) is 14.3 Å². The summed E-state index contributed by atoms with van der Waals surface area (Å²) in [7, 11) is 3.47. The highest BCUT2D eigenvalue weighted by Gasteiger charge is 2.13. The Morgan fingerprint density at radius 1 is 1.40 bits per heavy atom. The van der Waals surface area contributed by atoms with Gasteiger partial charge >= 0.3 is 0 Å². The number of rotatable bonds is 5. The van der Waals surface area contributed by atoms with Crippen molar-refractivity contribution < 1.29 is 9.53 Å². The minimum absolute atomic E-state index is 0.319. The van der Waals surface area contributed by atoms with Crippen molar-refractivity contribution in [2.75, 3.05) is 19.1 Å². The van der Waals surface area contributed by atoms with Crippen LogP contribution < -0.4 is 9.54 Å². The number of aromatic nitrogens is 3. The molecule has 0 fully saturated rings. The van der Waals surface area contributed by atoms with E-state index in [1.54, 1.807) is 29.6 Å². The number of nitrogens with zero attached hydrogens (tertiary/aromatic N) is 4. The SMILES string of the molecule is COc1ccc2sc(=NC(=O)c3cc(C)n(C)n3)n(CCSC)c2c1. The Hall–Kier alpha value is -2.06. The molecule has 0 aliphatic carbocycles. The predicted molar refractivity (Wildman–Crippen MR) is 103 cm³/mol. The summed E-state index contributed by atoms with van der Waals surface area (Å²) in [5, 5.41) is 4.22. The van der Waals surface area contributed by atoms with E-state index >= 15 is 0 Å². The molecule has 8 heteroatoms. The molecular weight excluding hydrogens is 356 g/mol. The molecule has 2 heterocycles. The van der Waals surface area contributed by atoms with Crippen molar-refractivity contribution in [1.29, 1.82) is 0 Å². The van der Waals surface area contributed by atoms with Crippen molar-refractivity contribution in [3.05, 3.63) is 40.5 Å². The van der Waals surface area contributed by atoms with Gasteiger partial charge in [-0.2, -0.15) is 21.9 Å². The molecule has 2 aromatic heterocycles. The molecule has 25 heavy (non-hydrogen) atoms. The zero-order valence-corrected chi connectivity index (χ0v) is 16.3. The van der Waals surface area contributed by atoms with Crippen LogP contribution in [0.1, 0.15) is 16.2 Å². The number of fused-ring (bicyclic) bond motifs is 1. The van der Waals surface area contributed by atoms with Crippen molar-refractivity contribution >= 4 is 39.2 Å². The van der Waals surface area contributed by atoms with Gasteiger partial charge in [-0.15, -0.1) is 0 Å². The fraction of sp³-hybridized carbons (Fsp3) is 0.353. The zero-order chi connectivity index (χ0) is 18.0. The van der Waals surface area contributed by atoms with Crippen LogP contribution in [-0.2, 0) is 13.6 Å². The Bertz CT molecular complexity index is 965. The first-order chi connectivity index (χ1) is 12.0. The summed E-state index contributed by atoms with van der Waals surface area (Å²) in [6, 6.07) is 7.67. The third-order valence-corrected chi connectivity index (χ3v) is 5.59. The van der Waals surface area contributed by atoms with Crippen molar-refractivity contribution in [2.24, 2.45) is 12.0 Å². The minimum atomic E-state index is -0.319. The second-order valence-electron chi connectivity index (χ2n) is 5.57. The number of hydrogen-bond donors (Lipinski definition) is 0. The Morgan fingerprint density at radius 3 is 2.84 bits per heavy atom. The van der Waals surface area contributed by atoms with Crippen LogP contribution in [0.25, 0.3) is 10.2 Å². The van der Waals surface area contributed by atoms with Gasteiger partial charge in [0.25, 0.3) is 5.91 Å². The first-order valence-corrected chi connectivity index (χ1v) is 10.0. The van der Waals surface area contributed by atoms with Crippen LogP contribution in [0.15, 0.2) is 29.3 Å². The first-order valence-electron chi connectivity index (χ1n) is 7.79. The van der Waals surface area contributed by atoms with Crippen LogP contribution in [0, 0.1) is 6.92 Å².